The number of aliphatic imine (C=N–C) groups is 1. The molecule has 0 spiro atoms. The van der Waals surface area contributed by atoms with E-state index in [2.05, 4.69) is 20.0 Å². The van der Waals surface area contributed by atoms with Gasteiger partial charge in [-0.3, -0.25) is 19.5 Å². The van der Waals surface area contributed by atoms with Crippen molar-refractivity contribution in [2.45, 2.75) is 38.0 Å². The van der Waals surface area contributed by atoms with E-state index in [1.807, 2.05) is 38.1 Å². The molecule has 8 heteroatoms. The van der Waals surface area contributed by atoms with Gasteiger partial charge in [-0.05, 0) is 55.7 Å². The summed E-state index contributed by atoms with van der Waals surface area (Å²) in [7, 11) is -3.74. The molecule has 0 saturated heterocycles. The van der Waals surface area contributed by atoms with Crippen molar-refractivity contribution in [3.05, 3.63) is 65.4 Å². The number of nitrogens with one attached hydrogen (secondary N) is 2. The maximum Gasteiger partial charge on any atom is 0.262 e. The molecule has 2 aromatic carbocycles. The number of amides is 1. The first-order valence-corrected chi connectivity index (χ1v) is 11.6. The average molecular weight is 437 g/mol. The number of hydrogen-bond acceptors (Lipinski definition) is 5. The van der Waals surface area contributed by atoms with Crippen molar-refractivity contribution >= 4 is 38.4 Å². The van der Waals surface area contributed by atoms with E-state index in [0.29, 0.717) is 24.5 Å². The topological polar surface area (TPSA) is 101 Å². The summed E-state index contributed by atoms with van der Waals surface area (Å²) in [6.45, 7) is 4.52. The predicted octanol–water partition coefficient (Wildman–Crippen LogP) is 3.50. The van der Waals surface area contributed by atoms with Crippen LogP contribution >= 0.6 is 0 Å². The van der Waals surface area contributed by atoms with Crippen LogP contribution in [0.2, 0.25) is 0 Å². The molecule has 1 aliphatic heterocycles. The number of carbonyl (C=O) groups is 1. The molecule has 1 aromatic heterocycles. The minimum Gasteiger partial charge on any atom is -0.326 e. The number of rotatable bonds is 5. The van der Waals surface area contributed by atoms with Crippen LogP contribution in [0.3, 0.4) is 0 Å². The number of aromatic nitrogens is 1. The van der Waals surface area contributed by atoms with E-state index < -0.39 is 10.0 Å². The zero-order valence-corrected chi connectivity index (χ0v) is 18.3. The fraction of sp³-hybridized carbons (Fsp3) is 0.261. The summed E-state index contributed by atoms with van der Waals surface area (Å²) in [5.41, 5.74) is 4.03. The molecule has 1 aliphatic rings. The van der Waals surface area contributed by atoms with Crippen molar-refractivity contribution in [2.75, 3.05) is 11.9 Å². The third-order valence-electron chi connectivity index (χ3n) is 5.38. The predicted molar refractivity (Wildman–Crippen MR) is 122 cm³/mol. The highest BCUT2D eigenvalue weighted by molar-refractivity contribution is 7.90. The van der Waals surface area contributed by atoms with Crippen LogP contribution in [0.5, 0.6) is 0 Å². The Balaban J connectivity index is 1.52. The van der Waals surface area contributed by atoms with Crippen LogP contribution in [0.15, 0.2) is 58.4 Å². The summed E-state index contributed by atoms with van der Waals surface area (Å²) < 4.78 is 27.8. The van der Waals surface area contributed by atoms with Gasteiger partial charge in [0.2, 0.25) is 5.91 Å². The summed E-state index contributed by atoms with van der Waals surface area (Å²) in [4.78, 5) is 21.6. The van der Waals surface area contributed by atoms with Crippen LogP contribution in [0.1, 0.15) is 29.7 Å². The van der Waals surface area contributed by atoms with E-state index >= 15 is 0 Å². The Morgan fingerprint density at radius 1 is 1.10 bits per heavy atom. The van der Waals surface area contributed by atoms with Gasteiger partial charge in [0.05, 0.1) is 16.8 Å². The molecule has 2 N–H and O–H groups in total. The van der Waals surface area contributed by atoms with Crippen LogP contribution < -0.4 is 10.0 Å². The molecule has 7 nitrogen and oxygen atoms in total. The van der Waals surface area contributed by atoms with E-state index in [4.69, 9.17) is 0 Å². The second-order valence-electron chi connectivity index (χ2n) is 7.61. The molecule has 160 valence electrons. The van der Waals surface area contributed by atoms with Crippen molar-refractivity contribution in [2.24, 2.45) is 4.99 Å². The Bertz CT molecular complexity index is 1300. The van der Waals surface area contributed by atoms with Crippen molar-refractivity contribution in [1.82, 2.24) is 9.71 Å². The van der Waals surface area contributed by atoms with E-state index in [0.717, 1.165) is 34.1 Å². The molecular weight excluding hydrogens is 412 g/mol. The first-order valence-electron chi connectivity index (χ1n) is 10.1. The van der Waals surface area contributed by atoms with Gasteiger partial charge in [-0.1, -0.05) is 24.3 Å². The maximum absolute atomic E-state index is 12.7. The highest BCUT2D eigenvalue weighted by Crippen LogP contribution is 2.23. The number of carbonyl (C=O) groups excluding carboxylic acids is 1. The summed E-state index contributed by atoms with van der Waals surface area (Å²) in [6, 6.07) is 14.1. The fourth-order valence-electron chi connectivity index (χ4n) is 3.77. The number of hydrogen-bond donors (Lipinski definition) is 2. The quantitative estimate of drug-likeness (QED) is 0.639. The maximum atomic E-state index is 12.7. The first kappa shape index (κ1) is 21.0. The molecule has 0 bridgehead atoms. The van der Waals surface area contributed by atoms with Gasteiger partial charge in [0.15, 0.2) is 0 Å². The van der Waals surface area contributed by atoms with E-state index in [9.17, 15) is 13.2 Å². The first-order chi connectivity index (χ1) is 14.8. The third kappa shape index (κ3) is 4.59. The number of para-hydroxylation sites is 1. The highest BCUT2D eigenvalue weighted by Gasteiger charge is 2.19. The van der Waals surface area contributed by atoms with E-state index in [-0.39, 0.29) is 17.2 Å². The number of anilines is 1. The second kappa shape index (κ2) is 8.47. The molecule has 0 fully saturated rings. The molecule has 31 heavy (non-hydrogen) atoms. The number of aryl methyl sites for hydroxylation is 2. The molecule has 2 heterocycles. The summed E-state index contributed by atoms with van der Waals surface area (Å²) >= 11 is 0. The number of pyridine rings is 1. The molecular formula is C23H24N4O3S. The van der Waals surface area contributed by atoms with Crippen LogP contribution in [-0.4, -0.2) is 31.7 Å². The van der Waals surface area contributed by atoms with Gasteiger partial charge in [-0.25, -0.2) is 8.42 Å². The Morgan fingerprint density at radius 3 is 2.68 bits per heavy atom. The second-order valence-corrected chi connectivity index (χ2v) is 9.29. The average Bonchev–Trinajstić information content (AvgIpc) is 3.23. The molecule has 3 aromatic rings. The lowest BCUT2D eigenvalue weighted by atomic mass is 9.99. The minimum absolute atomic E-state index is 0.0830. The summed E-state index contributed by atoms with van der Waals surface area (Å²) in [5.74, 6) is 0.246. The van der Waals surface area contributed by atoms with Gasteiger partial charge < -0.3 is 5.32 Å². The SMILES string of the molecule is Cc1nc2ccccc2c(C)c1CC(=O)Nc1cccc(S(=O)(=O)NC2=NCCC2)c1. The molecule has 0 atom stereocenters. The smallest absolute Gasteiger partial charge is 0.262 e. The standard InChI is InChI=1S/C23H24N4O3S/c1-15-19-9-3-4-10-21(19)25-16(2)20(15)14-23(28)26-17-7-5-8-18(13-17)31(29,30)27-22-11-6-12-24-22/h3-5,7-10,13H,6,11-12,14H2,1-2H3,(H,24,27)(H,26,28). The Hall–Kier alpha value is -3.26. The van der Waals surface area contributed by atoms with Crippen molar-refractivity contribution in [3.8, 4) is 0 Å². The molecule has 4 rings (SSSR count). The zero-order chi connectivity index (χ0) is 22.0. The lowest BCUT2D eigenvalue weighted by Gasteiger charge is -2.13. The van der Waals surface area contributed by atoms with Crippen molar-refractivity contribution in [1.29, 1.82) is 0 Å². The lowest BCUT2D eigenvalue weighted by molar-refractivity contribution is -0.115. The number of benzene rings is 2. The largest absolute Gasteiger partial charge is 0.326 e. The Labute approximate surface area is 181 Å². The van der Waals surface area contributed by atoms with Crippen molar-refractivity contribution < 1.29 is 13.2 Å². The van der Waals surface area contributed by atoms with Crippen LogP contribution in [0.4, 0.5) is 5.69 Å². The van der Waals surface area contributed by atoms with E-state index in [1.54, 1.807) is 12.1 Å². The highest BCUT2D eigenvalue weighted by atomic mass is 32.2. The molecule has 1 amide bonds. The van der Waals surface area contributed by atoms with Gasteiger partial charge in [0.1, 0.15) is 5.84 Å². The Kier molecular flexibility index (Phi) is 5.73. The van der Waals surface area contributed by atoms with Crippen LogP contribution in [0.25, 0.3) is 10.9 Å². The van der Waals surface area contributed by atoms with E-state index in [1.165, 1.54) is 12.1 Å². The summed E-state index contributed by atoms with van der Waals surface area (Å²) in [5, 5.41) is 3.83. The minimum atomic E-state index is -3.74. The van der Waals surface area contributed by atoms with Crippen LogP contribution in [-0.2, 0) is 21.2 Å². The third-order valence-corrected chi connectivity index (χ3v) is 6.76. The van der Waals surface area contributed by atoms with Gasteiger partial charge in [0.25, 0.3) is 10.0 Å². The number of amidine groups is 1. The van der Waals surface area contributed by atoms with Gasteiger partial charge in [-0.15, -0.1) is 0 Å². The zero-order valence-electron chi connectivity index (χ0n) is 17.5. The normalized spacial score (nSPS) is 13.8. The monoisotopic (exact) mass is 436 g/mol. The lowest BCUT2D eigenvalue weighted by Crippen LogP contribution is -2.29. The molecule has 0 radical (unpaired) electrons. The number of fused-ring (bicyclic) bond motifs is 1. The fourth-order valence-corrected chi connectivity index (χ4v) is 4.91. The number of sulfonamides is 1. The van der Waals surface area contributed by atoms with Crippen molar-refractivity contribution in [3.63, 3.8) is 0 Å². The van der Waals surface area contributed by atoms with Crippen LogP contribution in [0, 0.1) is 13.8 Å². The van der Waals surface area contributed by atoms with Gasteiger partial charge in [-0.2, -0.15) is 0 Å². The van der Waals surface area contributed by atoms with Gasteiger partial charge >= 0.3 is 0 Å². The molecule has 0 aliphatic carbocycles. The molecule has 0 unspecified atom stereocenters. The molecule has 0 saturated carbocycles. The van der Waals surface area contributed by atoms with Gasteiger partial charge in [0, 0.05) is 29.7 Å². The summed E-state index contributed by atoms with van der Waals surface area (Å²) in [6.07, 6.45) is 1.62. The Morgan fingerprint density at radius 2 is 1.90 bits per heavy atom. The number of nitrogens with zero attached hydrogens (tertiary/aromatic N) is 2.